The molecule has 20 heavy (non-hydrogen) atoms. The van der Waals surface area contributed by atoms with Gasteiger partial charge in [0, 0.05) is 29.8 Å². The predicted molar refractivity (Wildman–Crippen MR) is 75.5 cm³/mol. The number of aryl methyl sites for hydroxylation is 1. The van der Waals surface area contributed by atoms with Gasteiger partial charge in [-0.1, -0.05) is 13.0 Å². The maximum Gasteiger partial charge on any atom is 0.273 e. The zero-order valence-corrected chi connectivity index (χ0v) is 11.5. The van der Waals surface area contributed by atoms with Gasteiger partial charge in [-0.3, -0.25) is 14.9 Å². The molecule has 0 saturated heterocycles. The van der Waals surface area contributed by atoms with E-state index in [1.54, 1.807) is 12.1 Å². The first kappa shape index (κ1) is 14.5. The Balaban J connectivity index is 2.17. The van der Waals surface area contributed by atoms with E-state index in [1.165, 1.54) is 6.07 Å². The molecule has 1 fully saturated rings. The van der Waals surface area contributed by atoms with Crippen molar-refractivity contribution in [3.8, 4) is 0 Å². The quantitative estimate of drug-likeness (QED) is 0.609. The Hall–Kier alpha value is -1.95. The molecule has 1 aliphatic rings. The Morgan fingerprint density at radius 1 is 1.55 bits per heavy atom. The first-order valence-electron chi connectivity index (χ1n) is 6.85. The second kappa shape index (κ2) is 6.00. The summed E-state index contributed by atoms with van der Waals surface area (Å²) in [7, 11) is 0. The van der Waals surface area contributed by atoms with E-state index in [0.29, 0.717) is 30.0 Å². The number of nitrogens with one attached hydrogen (secondary N) is 1. The second-order valence-corrected chi connectivity index (χ2v) is 5.11. The van der Waals surface area contributed by atoms with Crippen molar-refractivity contribution < 1.29 is 9.72 Å². The third kappa shape index (κ3) is 3.14. The molecule has 1 aromatic carbocycles. The summed E-state index contributed by atoms with van der Waals surface area (Å²) >= 11 is 0. The topological polar surface area (TPSA) is 98.3 Å². The summed E-state index contributed by atoms with van der Waals surface area (Å²) in [6, 6.07) is 4.57. The number of hydrogen-bond donors (Lipinski definition) is 2. The second-order valence-electron chi connectivity index (χ2n) is 5.11. The van der Waals surface area contributed by atoms with Crippen LogP contribution in [0, 0.1) is 16.0 Å². The number of hydrogen-bond acceptors (Lipinski definition) is 4. The van der Waals surface area contributed by atoms with E-state index in [1.807, 2.05) is 6.92 Å². The number of amides is 1. The molecule has 0 bridgehead atoms. The van der Waals surface area contributed by atoms with Crippen molar-refractivity contribution in [1.29, 1.82) is 0 Å². The third-order valence-electron chi connectivity index (χ3n) is 3.69. The van der Waals surface area contributed by atoms with Crippen LogP contribution in [0.15, 0.2) is 18.2 Å². The van der Waals surface area contributed by atoms with Gasteiger partial charge in [-0.2, -0.15) is 0 Å². The van der Waals surface area contributed by atoms with Gasteiger partial charge >= 0.3 is 0 Å². The smallest absolute Gasteiger partial charge is 0.273 e. The number of benzene rings is 1. The minimum absolute atomic E-state index is 0.00382. The third-order valence-corrected chi connectivity index (χ3v) is 3.69. The lowest BCUT2D eigenvalue weighted by atomic mass is 10.1. The van der Waals surface area contributed by atoms with Crippen LogP contribution in [-0.4, -0.2) is 23.4 Å². The Morgan fingerprint density at radius 2 is 2.25 bits per heavy atom. The molecule has 1 unspecified atom stereocenters. The van der Waals surface area contributed by atoms with Crippen molar-refractivity contribution >= 4 is 11.6 Å². The standard InChI is InChI=1S/C14H19N3O3/c1-2-9-3-6-11(7-13(9)17(19)20)14(18)16-12(8-15)10-4-5-10/h3,6-7,10,12H,2,4-5,8,15H2,1H3,(H,16,18). The fourth-order valence-corrected chi connectivity index (χ4v) is 2.29. The highest BCUT2D eigenvalue weighted by atomic mass is 16.6. The van der Waals surface area contributed by atoms with Gasteiger partial charge in [0.05, 0.1) is 4.92 Å². The van der Waals surface area contributed by atoms with E-state index < -0.39 is 4.92 Å². The molecule has 1 atom stereocenters. The molecule has 0 aromatic heterocycles. The van der Waals surface area contributed by atoms with Gasteiger partial charge in [0.2, 0.25) is 0 Å². The van der Waals surface area contributed by atoms with Crippen LogP contribution in [0.5, 0.6) is 0 Å². The van der Waals surface area contributed by atoms with Gasteiger partial charge in [-0.05, 0) is 31.2 Å². The van der Waals surface area contributed by atoms with Crippen LogP contribution in [0.2, 0.25) is 0 Å². The number of carbonyl (C=O) groups is 1. The Bertz CT molecular complexity index is 526. The molecule has 0 aliphatic heterocycles. The fraction of sp³-hybridized carbons (Fsp3) is 0.500. The van der Waals surface area contributed by atoms with E-state index in [2.05, 4.69) is 5.32 Å². The highest BCUT2D eigenvalue weighted by molar-refractivity contribution is 5.95. The van der Waals surface area contributed by atoms with E-state index >= 15 is 0 Å². The molecule has 0 heterocycles. The highest BCUT2D eigenvalue weighted by Crippen LogP contribution is 2.32. The summed E-state index contributed by atoms with van der Waals surface area (Å²) in [5.41, 5.74) is 6.58. The molecule has 1 aliphatic carbocycles. The number of nitrogens with two attached hydrogens (primary N) is 1. The van der Waals surface area contributed by atoms with Crippen LogP contribution >= 0.6 is 0 Å². The van der Waals surface area contributed by atoms with Crippen molar-refractivity contribution in [3.63, 3.8) is 0 Å². The van der Waals surface area contributed by atoms with E-state index in [-0.39, 0.29) is 17.6 Å². The Kier molecular flexibility index (Phi) is 4.34. The summed E-state index contributed by atoms with van der Waals surface area (Å²) in [6.07, 6.45) is 2.72. The van der Waals surface area contributed by atoms with Crippen LogP contribution in [-0.2, 0) is 6.42 Å². The average molecular weight is 277 g/mol. The van der Waals surface area contributed by atoms with Crippen LogP contribution in [0.25, 0.3) is 0 Å². The highest BCUT2D eigenvalue weighted by Gasteiger charge is 2.31. The minimum Gasteiger partial charge on any atom is -0.348 e. The summed E-state index contributed by atoms with van der Waals surface area (Å²) in [5.74, 6) is 0.159. The van der Waals surface area contributed by atoms with Crippen LogP contribution < -0.4 is 11.1 Å². The zero-order valence-electron chi connectivity index (χ0n) is 11.5. The lowest BCUT2D eigenvalue weighted by Crippen LogP contribution is -2.41. The summed E-state index contributed by atoms with van der Waals surface area (Å²) in [4.78, 5) is 22.7. The zero-order chi connectivity index (χ0) is 14.7. The van der Waals surface area contributed by atoms with Crippen molar-refractivity contribution in [3.05, 3.63) is 39.4 Å². The van der Waals surface area contributed by atoms with Gasteiger partial charge in [0.25, 0.3) is 11.6 Å². The van der Waals surface area contributed by atoms with E-state index in [4.69, 9.17) is 5.73 Å². The first-order valence-corrected chi connectivity index (χ1v) is 6.85. The van der Waals surface area contributed by atoms with Gasteiger partial charge in [-0.15, -0.1) is 0 Å². The maximum atomic E-state index is 12.1. The van der Waals surface area contributed by atoms with Crippen molar-refractivity contribution in [2.75, 3.05) is 6.54 Å². The van der Waals surface area contributed by atoms with Gasteiger partial charge in [0.1, 0.15) is 0 Å². The molecule has 0 spiro atoms. The Labute approximate surface area is 117 Å². The molecule has 6 nitrogen and oxygen atoms in total. The minimum atomic E-state index is -0.448. The summed E-state index contributed by atoms with van der Waals surface area (Å²) in [5, 5.41) is 13.9. The van der Waals surface area contributed by atoms with E-state index in [9.17, 15) is 14.9 Å². The lowest BCUT2D eigenvalue weighted by molar-refractivity contribution is -0.385. The number of carbonyl (C=O) groups excluding carboxylic acids is 1. The molecule has 3 N–H and O–H groups in total. The number of nitrogens with zero attached hydrogens (tertiary/aromatic N) is 1. The van der Waals surface area contributed by atoms with Crippen molar-refractivity contribution in [1.82, 2.24) is 5.32 Å². The lowest BCUT2D eigenvalue weighted by Gasteiger charge is -2.16. The average Bonchev–Trinajstić information content (AvgIpc) is 3.28. The van der Waals surface area contributed by atoms with Crippen LogP contribution in [0.1, 0.15) is 35.7 Å². The van der Waals surface area contributed by atoms with Crippen LogP contribution in [0.4, 0.5) is 5.69 Å². The molecule has 108 valence electrons. The SMILES string of the molecule is CCc1ccc(C(=O)NC(CN)C2CC2)cc1[N+](=O)[O-]. The predicted octanol–water partition coefficient (Wildman–Crippen LogP) is 1.62. The molecule has 2 rings (SSSR count). The molecule has 1 aromatic rings. The van der Waals surface area contributed by atoms with Gasteiger partial charge in [0.15, 0.2) is 0 Å². The van der Waals surface area contributed by atoms with Crippen molar-refractivity contribution in [2.24, 2.45) is 11.7 Å². The molecule has 6 heteroatoms. The molecular weight excluding hydrogens is 258 g/mol. The molecule has 1 saturated carbocycles. The number of nitro groups is 1. The largest absolute Gasteiger partial charge is 0.348 e. The Morgan fingerprint density at radius 3 is 2.75 bits per heavy atom. The van der Waals surface area contributed by atoms with Crippen LogP contribution in [0.3, 0.4) is 0 Å². The molecular formula is C14H19N3O3. The normalized spacial score (nSPS) is 15.7. The maximum absolute atomic E-state index is 12.1. The summed E-state index contributed by atoms with van der Waals surface area (Å²) in [6.45, 7) is 2.24. The van der Waals surface area contributed by atoms with Crippen molar-refractivity contribution in [2.45, 2.75) is 32.2 Å². The molecule has 0 radical (unpaired) electrons. The number of rotatable bonds is 6. The van der Waals surface area contributed by atoms with E-state index in [0.717, 1.165) is 12.8 Å². The molecule has 1 amide bonds. The monoisotopic (exact) mass is 277 g/mol. The summed E-state index contributed by atoms with van der Waals surface area (Å²) < 4.78 is 0. The van der Waals surface area contributed by atoms with Gasteiger partial charge < -0.3 is 11.1 Å². The number of nitro benzene ring substituents is 1. The first-order chi connectivity index (χ1) is 9.56. The van der Waals surface area contributed by atoms with Gasteiger partial charge in [-0.25, -0.2) is 0 Å². The fourth-order valence-electron chi connectivity index (χ4n) is 2.29.